The van der Waals surface area contributed by atoms with Crippen molar-refractivity contribution in [3.8, 4) is 11.6 Å². The number of rotatable bonds is 5. The Bertz CT molecular complexity index is 558. The number of pyridine rings is 1. The molecule has 100 valence electrons. The van der Waals surface area contributed by atoms with E-state index in [0.29, 0.717) is 17.9 Å². The lowest BCUT2D eigenvalue weighted by atomic mass is 10.2. The highest BCUT2D eigenvalue weighted by Gasteiger charge is 2.12. The second kappa shape index (κ2) is 6.29. The molecule has 0 atom stereocenters. The Hall–Kier alpha value is -1.94. The van der Waals surface area contributed by atoms with E-state index in [4.69, 9.17) is 4.74 Å². The smallest absolute Gasteiger partial charge is 0.256 e. The summed E-state index contributed by atoms with van der Waals surface area (Å²) in [6.07, 6.45) is 1.56. The van der Waals surface area contributed by atoms with Crippen molar-refractivity contribution < 1.29 is 9.13 Å². The van der Waals surface area contributed by atoms with Gasteiger partial charge in [-0.1, -0.05) is 25.1 Å². The van der Waals surface area contributed by atoms with Crippen molar-refractivity contribution in [1.82, 2.24) is 10.3 Å². The molecule has 1 aromatic heterocycles. The highest BCUT2D eigenvalue weighted by molar-refractivity contribution is 5.36. The van der Waals surface area contributed by atoms with Crippen molar-refractivity contribution in [2.45, 2.75) is 20.4 Å². The van der Waals surface area contributed by atoms with Crippen molar-refractivity contribution >= 4 is 0 Å². The van der Waals surface area contributed by atoms with Gasteiger partial charge in [0, 0.05) is 18.3 Å². The van der Waals surface area contributed by atoms with Gasteiger partial charge in [-0.05, 0) is 31.2 Å². The van der Waals surface area contributed by atoms with E-state index in [0.717, 1.165) is 12.1 Å². The Kier molecular flexibility index (Phi) is 4.47. The molecule has 4 heteroatoms. The Morgan fingerprint density at radius 1 is 1.26 bits per heavy atom. The number of hydrogen-bond acceptors (Lipinski definition) is 3. The van der Waals surface area contributed by atoms with E-state index in [9.17, 15) is 4.39 Å². The number of aryl methyl sites for hydroxylation is 1. The number of benzene rings is 1. The van der Waals surface area contributed by atoms with Crippen LogP contribution in [0.25, 0.3) is 0 Å². The largest absolute Gasteiger partial charge is 0.436 e. The molecule has 0 amide bonds. The molecule has 2 aromatic rings. The lowest BCUT2D eigenvalue weighted by Crippen LogP contribution is -2.13. The molecule has 0 saturated heterocycles. The summed E-state index contributed by atoms with van der Waals surface area (Å²) in [6.45, 7) is 5.14. The summed E-state index contributed by atoms with van der Waals surface area (Å²) in [5.74, 6) is 0.228. The van der Waals surface area contributed by atoms with Crippen molar-refractivity contribution in [2.24, 2.45) is 0 Å². The molecule has 2 rings (SSSR count). The van der Waals surface area contributed by atoms with E-state index in [2.05, 4.69) is 10.3 Å². The topological polar surface area (TPSA) is 34.2 Å². The summed E-state index contributed by atoms with van der Waals surface area (Å²) in [6, 6.07) is 9.13. The predicted octanol–water partition coefficient (Wildman–Crippen LogP) is 3.43. The van der Waals surface area contributed by atoms with Gasteiger partial charge in [0.15, 0.2) is 5.82 Å². The number of aromatic nitrogens is 1. The van der Waals surface area contributed by atoms with Crippen LogP contribution in [0.1, 0.15) is 18.1 Å². The van der Waals surface area contributed by atoms with E-state index in [1.807, 2.05) is 32.0 Å². The summed E-state index contributed by atoms with van der Waals surface area (Å²) >= 11 is 0. The molecule has 1 aromatic carbocycles. The van der Waals surface area contributed by atoms with E-state index in [1.165, 1.54) is 0 Å². The molecule has 0 aliphatic heterocycles. The number of nitrogens with zero attached hydrogens (tertiary/aromatic N) is 1. The molecule has 0 spiro atoms. The summed E-state index contributed by atoms with van der Waals surface area (Å²) < 4.78 is 19.7. The number of ether oxygens (including phenoxy) is 1. The van der Waals surface area contributed by atoms with Gasteiger partial charge in [-0.2, -0.15) is 0 Å². The van der Waals surface area contributed by atoms with Gasteiger partial charge >= 0.3 is 0 Å². The van der Waals surface area contributed by atoms with Crippen LogP contribution >= 0.6 is 0 Å². The van der Waals surface area contributed by atoms with Gasteiger partial charge in [-0.3, -0.25) is 0 Å². The minimum atomic E-state index is -0.410. The molecule has 0 fully saturated rings. The second-order valence-electron chi connectivity index (χ2n) is 4.24. The first-order valence-electron chi connectivity index (χ1n) is 6.30. The van der Waals surface area contributed by atoms with E-state index >= 15 is 0 Å². The Balaban J connectivity index is 2.23. The average Bonchev–Trinajstić information content (AvgIpc) is 2.42. The summed E-state index contributed by atoms with van der Waals surface area (Å²) in [5.41, 5.74) is 1.50. The molecule has 0 radical (unpaired) electrons. The van der Waals surface area contributed by atoms with Gasteiger partial charge in [0.1, 0.15) is 5.75 Å². The highest BCUT2D eigenvalue weighted by Crippen LogP contribution is 2.26. The van der Waals surface area contributed by atoms with Gasteiger partial charge in [-0.25, -0.2) is 9.37 Å². The van der Waals surface area contributed by atoms with Crippen LogP contribution in [0.2, 0.25) is 0 Å². The zero-order valence-electron chi connectivity index (χ0n) is 11.1. The van der Waals surface area contributed by atoms with Gasteiger partial charge < -0.3 is 10.1 Å². The third-order valence-corrected chi connectivity index (χ3v) is 2.80. The molecular weight excluding hydrogens is 243 g/mol. The van der Waals surface area contributed by atoms with Gasteiger partial charge in [0.2, 0.25) is 0 Å². The Labute approximate surface area is 112 Å². The third-order valence-electron chi connectivity index (χ3n) is 2.80. The van der Waals surface area contributed by atoms with E-state index in [1.54, 1.807) is 18.3 Å². The normalized spacial score (nSPS) is 10.5. The first-order chi connectivity index (χ1) is 9.22. The van der Waals surface area contributed by atoms with Crippen LogP contribution in [-0.2, 0) is 6.54 Å². The maximum Gasteiger partial charge on any atom is 0.256 e. The fourth-order valence-electron chi connectivity index (χ4n) is 1.70. The van der Waals surface area contributed by atoms with Crippen LogP contribution in [-0.4, -0.2) is 11.5 Å². The average molecular weight is 260 g/mol. The molecule has 1 N–H and O–H groups in total. The minimum absolute atomic E-state index is 0.0182. The summed E-state index contributed by atoms with van der Waals surface area (Å²) in [5, 5.41) is 3.08. The standard InChI is InChI=1S/C15H17FN2O/c1-3-17-10-12-8-9-18-15(14(12)16)19-13-7-5-4-6-11(13)2/h4-9,17H,3,10H2,1-2H3. The molecule has 0 aliphatic rings. The SMILES string of the molecule is CCNCc1ccnc(Oc2ccccc2C)c1F. The molecule has 3 nitrogen and oxygen atoms in total. The molecule has 0 unspecified atom stereocenters. The van der Waals surface area contributed by atoms with E-state index < -0.39 is 5.82 Å². The lowest BCUT2D eigenvalue weighted by Gasteiger charge is -2.10. The monoisotopic (exact) mass is 260 g/mol. The van der Waals surface area contributed by atoms with E-state index in [-0.39, 0.29) is 5.88 Å². The number of nitrogens with one attached hydrogen (secondary N) is 1. The van der Waals surface area contributed by atoms with Gasteiger partial charge in [0.05, 0.1) is 0 Å². The first-order valence-corrected chi connectivity index (χ1v) is 6.30. The minimum Gasteiger partial charge on any atom is -0.436 e. The number of halogens is 1. The van der Waals surface area contributed by atoms with Crippen molar-refractivity contribution in [1.29, 1.82) is 0 Å². The molecule has 1 heterocycles. The van der Waals surface area contributed by atoms with Crippen LogP contribution in [0, 0.1) is 12.7 Å². The summed E-state index contributed by atoms with van der Waals surface area (Å²) in [4.78, 5) is 3.96. The van der Waals surface area contributed by atoms with Crippen molar-refractivity contribution in [2.75, 3.05) is 6.54 Å². The first kappa shape index (κ1) is 13.5. The van der Waals surface area contributed by atoms with Gasteiger partial charge in [-0.15, -0.1) is 0 Å². The zero-order chi connectivity index (χ0) is 13.7. The molecule has 19 heavy (non-hydrogen) atoms. The van der Waals surface area contributed by atoms with Crippen molar-refractivity contribution in [3.05, 3.63) is 53.5 Å². The Morgan fingerprint density at radius 2 is 2.05 bits per heavy atom. The van der Waals surface area contributed by atoms with Crippen molar-refractivity contribution in [3.63, 3.8) is 0 Å². The Morgan fingerprint density at radius 3 is 2.79 bits per heavy atom. The second-order valence-corrected chi connectivity index (χ2v) is 4.24. The fourth-order valence-corrected chi connectivity index (χ4v) is 1.70. The predicted molar refractivity (Wildman–Crippen MR) is 72.8 cm³/mol. The molecular formula is C15H17FN2O. The summed E-state index contributed by atoms with van der Waals surface area (Å²) in [7, 11) is 0. The van der Waals surface area contributed by atoms with Crippen LogP contribution in [0.15, 0.2) is 36.5 Å². The van der Waals surface area contributed by atoms with Crippen LogP contribution < -0.4 is 10.1 Å². The lowest BCUT2D eigenvalue weighted by molar-refractivity contribution is 0.415. The van der Waals surface area contributed by atoms with Gasteiger partial charge in [0.25, 0.3) is 5.88 Å². The maximum atomic E-state index is 14.2. The fraction of sp³-hybridized carbons (Fsp3) is 0.267. The molecule has 0 aliphatic carbocycles. The van der Waals surface area contributed by atoms with Crippen LogP contribution in [0.4, 0.5) is 4.39 Å². The number of hydrogen-bond donors (Lipinski definition) is 1. The molecule has 0 bridgehead atoms. The number of para-hydroxylation sites is 1. The van der Waals surface area contributed by atoms with Crippen LogP contribution in [0.3, 0.4) is 0 Å². The highest BCUT2D eigenvalue weighted by atomic mass is 19.1. The quantitative estimate of drug-likeness (QED) is 0.894. The van der Waals surface area contributed by atoms with Crippen LogP contribution in [0.5, 0.6) is 11.6 Å². The third kappa shape index (κ3) is 3.29. The maximum absolute atomic E-state index is 14.2. The zero-order valence-corrected chi connectivity index (χ0v) is 11.1. The molecule has 0 saturated carbocycles.